The molecule has 0 N–H and O–H groups in total. The van der Waals surface area contributed by atoms with E-state index in [1.807, 2.05) is 13.8 Å². The minimum Gasteiger partial charge on any atom is -0.355 e. The molecule has 0 spiro atoms. The summed E-state index contributed by atoms with van der Waals surface area (Å²) in [5.74, 6) is 0.959. The highest BCUT2D eigenvalue weighted by Crippen LogP contribution is 2.23. The van der Waals surface area contributed by atoms with Crippen LogP contribution in [0, 0.1) is 13.8 Å². The molecule has 0 amide bonds. The fourth-order valence-electron chi connectivity index (χ4n) is 1.55. The Bertz CT molecular complexity index is 339. The van der Waals surface area contributed by atoms with Gasteiger partial charge in [-0.2, -0.15) is 0 Å². The largest absolute Gasteiger partial charge is 0.355 e. The highest BCUT2D eigenvalue weighted by molar-refractivity contribution is 6.30. The van der Waals surface area contributed by atoms with Crippen LogP contribution in [0.1, 0.15) is 31.4 Å². The summed E-state index contributed by atoms with van der Waals surface area (Å²) in [7, 11) is 0. The molecular formula is C11H18ClN3. The normalized spacial score (nSPS) is 10.5. The average molecular weight is 228 g/mol. The Labute approximate surface area is 96.5 Å². The van der Waals surface area contributed by atoms with E-state index in [9.17, 15) is 0 Å². The summed E-state index contributed by atoms with van der Waals surface area (Å²) in [6.45, 7) is 10.3. The number of hydrogen-bond donors (Lipinski definition) is 0. The van der Waals surface area contributed by atoms with Crippen molar-refractivity contribution in [1.82, 2.24) is 10.2 Å². The molecule has 0 aliphatic heterocycles. The number of aromatic nitrogens is 2. The zero-order valence-electron chi connectivity index (χ0n) is 9.84. The first-order valence-electron chi connectivity index (χ1n) is 5.36. The molecule has 84 valence electrons. The van der Waals surface area contributed by atoms with Crippen molar-refractivity contribution in [1.29, 1.82) is 0 Å². The van der Waals surface area contributed by atoms with E-state index in [0.29, 0.717) is 5.15 Å². The quantitative estimate of drug-likeness (QED) is 0.792. The van der Waals surface area contributed by atoms with E-state index in [1.54, 1.807) is 0 Å². The van der Waals surface area contributed by atoms with E-state index in [1.165, 1.54) is 0 Å². The van der Waals surface area contributed by atoms with Crippen LogP contribution in [0.25, 0.3) is 0 Å². The molecule has 15 heavy (non-hydrogen) atoms. The molecule has 0 saturated carbocycles. The molecule has 0 aromatic carbocycles. The van der Waals surface area contributed by atoms with Crippen molar-refractivity contribution in [2.24, 2.45) is 0 Å². The molecule has 1 heterocycles. The third-order valence-corrected chi connectivity index (χ3v) is 2.97. The summed E-state index contributed by atoms with van der Waals surface area (Å²) in [4.78, 5) is 2.23. The van der Waals surface area contributed by atoms with Crippen LogP contribution < -0.4 is 4.90 Å². The molecule has 0 aliphatic rings. The Morgan fingerprint density at radius 2 is 1.80 bits per heavy atom. The van der Waals surface area contributed by atoms with E-state index < -0.39 is 0 Å². The topological polar surface area (TPSA) is 29.0 Å². The van der Waals surface area contributed by atoms with E-state index in [0.717, 1.165) is 36.5 Å². The summed E-state index contributed by atoms with van der Waals surface area (Å²) in [6.07, 6.45) is 1.11. The maximum absolute atomic E-state index is 5.92. The van der Waals surface area contributed by atoms with Crippen LogP contribution in [0.2, 0.25) is 5.15 Å². The van der Waals surface area contributed by atoms with Crippen molar-refractivity contribution in [3.63, 3.8) is 0 Å². The lowest BCUT2D eigenvalue weighted by atomic mass is 10.2. The Hall–Kier alpha value is -0.830. The molecule has 1 aromatic rings. The number of rotatable bonds is 4. The van der Waals surface area contributed by atoms with Gasteiger partial charge in [0.15, 0.2) is 11.0 Å². The highest BCUT2D eigenvalue weighted by atomic mass is 35.5. The predicted molar refractivity (Wildman–Crippen MR) is 64.7 cm³/mol. The van der Waals surface area contributed by atoms with Gasteiger partial charge in [0.1, 0.15) is 0 Å². The van der Waals surface area contributed by atoms with Crippen molar-refractivity contribution in [3.05, 3.63) is 16.3 Å². The maximum Gasteiger partial charge on any atom is 0.155 e. The van der Waals surface area contributed by atoms with Crippen molar-refractivity contribution < 1.29 is 0 Å². The van der Waals surface area contributed by atoms with Crippen LogP contribution in [0.15, 0.2) is 0 Å². The smallest absolute Gasteiger partial charge is 0.155 e. The van der Waals surface area contributed by atoms with Crippen LogP contribution in [0.4, 0.5) is 5.82 Å². The monoisotopic (exact) mass is 227 g/mol. The SMILES string of the molecule is CCCN(CC)c1nnc(Cl)c(C)c1C. The molecular weight excluding hydrogens is 210 g/mol. The molecule has 0 aliphatic carbocycles. The van der Waals surface area contributed by atoms with E-state index in [4.69, 9.17) is 11.6 Å². The van der Waals surface area contributed by atoms with Crippen molar-refractivity contribution in [2.45, 2.75) is 34.1 Å². The molecule has 0 atom stereocenters. The molecule has 3 nitrogen and oxygen atoms in total. The van der Waals surface area contributed by atoms with Gasteiger partial charge >= 0.3 is 0 Å². The van der Waals surface area contributed by atoms with Gasteiger partial charge in [0.05, 0.1) is 0 Å². The van der Waals surface area contributed by atoms with Crippen LogP contribution in [0.5, 0.6) is 0 Å². The maximum atomic E-state index is 5.92. The van der Waals surface area contributed by atoms with Gasteiger partial charge in [0.25, 0.3) is 0 Å². The lowest BCUT2D eigenvalue weighted by Gasteiger charge is -2.23. The summed E-state index contributed by atoms with van der Waals surface area (Å²) in [5.41, 5.74) is 2.15. The van der Waals surface area contributed by atoms with E-state index in [2.05, 4.69) is 28.9 Å². The summed E-state index contributed by atoms with van der Waals surface area (Å²) >= 11 is 5.92. The standard InChI is InChI=1S/C11H18ClN3/c1-5-7-15(6-2)11-9(4)8(3)10(12)13-14-11/h5-7H2,1-4H3. The van der Waals surface area contributed by atoms with Gasteiger partial charge in [-0.05, 0) is 38.3 Å². The molecule has 1 aromatic heterocycles. The zero-order valence-corrected chi connectivity index (χ0v) is 10.6. The number of halogens is 1. The average Bonchev–Trinajstić information content (AvgIpc) is 2.24. The molecule has 0 unspecified atom stereocenters. The first-order chi connectivity index (χ1) is 7.11. The van der Waals surface area contributed by atoms with Gasteiger partial charge in [0, 0.05) is 13.1 Å². The van der Waals surface area contributed by atoms with E-state index >= 15 is 0 Å². The van der Waals surface area contributed by atoms with Gasteiger partial charge in [-0.3, -0.25) is 0 Å². The Morgan fingerprint density at radius 1 is 1.13 bits per heavy atom. The lowest BCUT2D eigenvalue weighted by Crippen LogP contribution is -2.26. The Morgan fingerprint density at radius 3 is 2.33 bits per heavy atom. The molecule has 0 radical (unpaired) electrons. The van der Waals surface area contributed by atoms with Gasteiger partial charge in [0.2, 0.25) is 0 Å². The van der Waals surface area contributed by atoms with Crippen LogP contribution >= 0.6 is 11.6 Å². The van der Waals surface area contributed by atoms with Crippen LogP contribution in [-0.4, -0.2) is 23.3 Å². The van der Waals surface area contributed by atoms with Crippen molar-refractivity contribution in [2.75, 3.05) is 18.0 Å². The van der Waals surface area contributed by atoms with Crippen LogP contribution in [0.3, 0.4) is 0 Å². The second kappa shape index (κ2) is 5.31. The van der Waals surface area contributed by atoms with E-state index in [-0.39, 0.29) is 0 Å². The van der Waals surface area contributed by atoms with Gasteiger partial charge in [-0.15, -0.1) is 10.2 Å². The molecule has 0 bridgehead atoms. The minimum absolute atomic E-state index is 0.504. The second-order valence-electron chi connectivity index (χ2n) is 3.64. The summed E-state index contributed by atoms with van der Waals surface area (Å²) < 4.78 is 0. The molecule has 1 rings (SSSR count). The lowest BCUT2D eigenvalue weighted by molar-refractivity contribution is 0.761. The van der Waals surface area contributed by atoms with Gasteiger partial charge in [-0.1, -0.05) is 18.5 Å². The number of anilines is 1. The van der Waals surface area contributed by atoms with Crippen molar-refractivity contribution >= 4 is 17.4 Å². The zero-order chi connectivity index (χ0) is 11.4. The first kappa shape index (κ1) is 12.2. The fourth-order valence-corrected chi connectivity index (χ4v) is 1.73. The van der Waals surface area contributed by atoms with Gasteiger partial charge < -0.3 is 4.90 Å². The highest BCUT2D eigenvalue weighted by Gasteiger charge is 2.12. The summed E-state index contributed by atoms with van der Waals surface area (Å²) in [6, 6.07) is 0. The fraction of sp³-hybridized carbons (Fsp3) is 0.636. The predicted octanol–water partition coefficient (Wildman–Crippen LogP) is 2.98. The first-order valence-corrected chi connectivity index (χ1v) is 5.73. The van der Waals surface area contributed by atoms with Crippen molar-refractivity contribution in [3.8, 4) is 0 Å². The number of nitrogens with zero attached hydrogens (tertiary/aromatic N) is 3. The van der Waals surface area contributed by atoms with Crippen LogP contribution in [-0.2, 0) is 0 Å². The summed E-state index contributed by atoms with van der Waals surface area (Å²) in [5, 5.41) is 8.64. The molecule has 0 saturated heterocycles. The molecule has 4 heteroatoms. The minimum atomic E-state index is 0.504. The Kier molecular flexibility index (Phi) is 4.33. The Balaban J connectivity index is 3.07. The third kappa shape index (κ3) is 2.59. The third-order valence-electron chi connectivity index (χ3n) is 2.61. The van der Waals surface area contributed by atoms with Gasteiger partial charge in [-0.25, -0.2) is 0 Å². The number of hydrogen-bond acceptors (Lipinski definition) is 3. The second-order valence-corrected chi connectivity index (χ2v) is 4.00. The molecule has 0 fully saturated rings.